The molecule has 0 aromatic heterocycles. The summed E-state index contributed by atoms with van der Waals surface area (Å²) in [6.45, 7) is 7.62. The fraction of sp³-hybridized carbons (Fsp3) is 0.480. The van der Waals surface area contributed by atoms with Crippen LogP contribution in [0, 0.1) is 0 Å². The molecule has 0 amide bonds. The molecule has 0 heterocycles. The van der Waals surface area contributed by atoms with Crippen molar-refractivity contribution >= 4 is 5.97 Å². The Bertz CT molecular complexity index is 748. The zero-order valence-electron chi connectivity index (χ0n) is 18.6. The predicted octanol–water partition coefficient (Wildman–Crippen LogP) is 4.52. The molecule has 0 fully saturated rings. The second-order valence-electron chi connectivity index (χ2n) is 7.22. The number of carbonyl (C=O) groups excluding carboxylic acids is 1. The molecular formula is C25H35NO4. The van der Waals surface area contributed by atoms with Gasteiger partial charge in [-0.05, 0) is 49.6 Å². The molecule has 0 aliphatic carbocycles. The minimum atomic E-state index is -0.128. The van der Waals surface area contributed by atoms with E-state index in [1.165, 1.54) is 11.1 Å². The number of ether oxygens (including phenoxy) is 3. The molecule has 5 heteroatoms. The summed E-state index contributed by atoms with van der Waals surface area (Å²) in [5, 5.41) is 0. The number of benzene rings is 2. The Labute approximate surface area is 180 Å². The first kappa shape index (κ1) is 23.7. The Morgan fingerprint density at radius 3 is 2.40 bits per heavy atom. The molecule has 0 aliphatic heterocycles. The van der Waals surface area contributed by atoms with E-state index in [2.05, 4.69) is 36.1 Å². The lowest BCUT2D eigenvalue weighted by molar-refractivity contribution is -0.143. The van der Waals surface area contributed by atoms with Gasteiger partial charge in [-0.25, -0.2) is 0 Å². The minimum absolute atomic E-state index is 0.128. The van der Waals surface area contributed by atoms with E-state index in [1.54, 1.807) is 7.11 Å². The van der Waals surface area contributed by atoms with Gasteiger partial charge in [-0.3, -0.25) is 4.79 Å². The van der Waals surface area contributed by atoms with Crippen LogP contribution >= 0.6 is 0 Å². The maximum Gasteiger partial charge on any atom is 0.307 e. The van der Waals surface area contributed by atoms with Crippen molar-refractivity contribution in [3.8, 4) is 11.5 Å². The predicted molar refractivity (Wildman–Crippen MR) is 120 cm³/mol. The third-order valence-electron chi connectivity index (χ3n) is 4.91. The second kappa shape index (κ2) is 13.6. The maximum absolute atomic E-state index is 11.7. The van der Waals surface area contributed by atoms with Crippen molar-refractivity contribution < 1.29 is 19.0 Å². The summed E-state index contributed by atoms with van der Waals surface area (Å²) < 4.78 is 16.5. The van der Waals surface area contributed by atoms with Gasteiger partial charge in [0, 0.05) is 19.5 Å². The van der Waals surface area contributed by atoms with Crippen molar-refractivity contribution in [3.05, 3.63) is 59.7 Å². The molecule has 2 aromatic rings. The molecule has 0 saturated carbocycles. The van der Waals surface area contributed by atoms with E-state index < -0.39 is 0 Å². The van der Waals surface area contributed by atoms with Crippen LogP contribution in [-0.4, -0.2) is 50.8 Å². The Balaban J connectivity index is 1.90. The number of nitrogens with zero attached hydrogens (tertiary/aromatic N) is 1. The highest BCUT2D eigenvalue weighted by atomic mass is 16.5. The molecule has 0 N–H and O–H groups in total. The first-order chi connectivity index (χ1) is 14.7. The smallest absolute Gasteiger partial charge is 0.307 e. The highest BCUT2D eigenvalue weighted by Crippen LogP contribution is 2.28. The molecule has 0 spiro atoms. The average molecular weight is 414 g/mol. The molecular weight excluding hydrogens is 378 g/mol. The molecule has 2 rings (SSSR count). The van der Waals surface area contributed by atoms with Crippen molar-refractivity contribution in [1.82, 2.24) is 4.90 Å². The van der Waals surface area contributed by atoms with Gasteiger partial charge in [0.2, 0.25) is 0 Å². The number of hydrogen-bond acceptors (Lipinski definition) is 5. The van der Waals surface area contributed by atoms with Crippen molar-refractivity contribution in [3.63, 3.8) is 0 Å². The normalized spacial score (nSPS) is 10.8. The molecule has 5 nitrogen and oxygen atoms in total. The fourth-order valence-corrected chi connectivity index (χ4v) is 3.33. The number of carbonyl (C=O) groups is 1. The number of methoxy groups -OCH3 is 1. The van der Waals surface area contributed by atoms with E-state index >= 15 is 0 Å². The van der Waals surface area contributed by atoms with Gasteiger partial charge in [0.05, 0.1) is 26.7 Å². The lowest BCUT2D eigenvalue weighted by Gasteiger charge is -2.21. The SMILES string of the molecule is CCCN(CCC(=O)OCC)CCc1ccc(OC)c(OCCc2ccccc2)c1. The molecule has 0 radical (unpaired) electrons. The molecule has 0 unspecified atom stereocenters. The Morgan fingerprint density at radius 1 is 0.900 bits per heavy atom. The van der Waals surface area contributed by atoms with E-state index in [0.29, 0.717) is 19.6 Å². The van der Waals surface area contributed by atoms with Gasteiger partial charge in [0.15, 0.2) is 11.5 Å². The van der Waals surface area contributed by atoms with Gasteiger partial charge >= 0.3 is 5.97 Å². The summed E-state index contributed by atoms with van der Waals surface area (Å²) in [4.78, 5) is 14.0. The van der Waals surface area contributed by atoms with Gasteiger partial charge in [0.25, 0.3) is 0 Å². The van der Waals surface area contributed by atoms with Crippen LogP contribution in [0.1, 0.15) is 37.8 Å². The molecule has 0 atom stereocenters. The standard InChI is InChI=1S/C25H35NO4/c1-4-16-26(18-14-25(27)29-5-2)17-13-22-11-12-23(28-3)24(20-22)30-19-15-21-9-7-6-8-10-21/h6-12,20H,4-5,13-19H2,1-3H3. The van der Waals surface area contributed by atoms with Crippen molar-refractivity contribution in [1.29, 1.82) is 0 Å². The van der Waals surface area contributed by atoms with E-state index in [-0.39, 0.29) is 5.97 Å². The van der Waals surface area contributed by atoms with E-state index in [4.69, 9.17) is 14.2 Å². The van der Waals surface area contributed by atoms with Gasteiger partial charge in [-0.1, -0.05) is 43.3 Å². The van der Waals surface area contributed by atoms with E-state index in [0.717, 1.165) is 50.4 Å². The van der Waals surface area contributed by atoms with Crippen LogP contribution < -0.4 is 9.47 Å². The minimum Gasteiger partial charge on any atom is -0.493 e. The lowest BCUT2D eigenvalue weighted by atomic mass is 10.1. The molecule has 30 heavy (non-hydrogen) atoms. The van der Waals surface area contributed by atoms with E-state index in [1.807, 2.05) is 31.2 Å². The summed E-state index contributed by atoms with van der Waals surface area (Å²) >= 11 is 0. The monoisotopic (exact) mass is 413 g/mol. The highest BCUT2D eigenvalue weighted by Gasteiger charge is 2.11. The highest BCUT2D eigenvalue weighted by molar-refractivity contribution is 5.69. The van der Waals surface area contributed by atoms with E-state index in [9.17, 15) is 4.79 Å². The van der Waals surface area contributed by atoms with Crippen LogP contribution in [0.5, 0.6) is 11.5 Å². The number of esters is 1. The molecule has 164 valence electrons. The molecule has 0 saturated heterocycles. The van der Waals surface area contributed by atoms with Gasteiger partial charge in [0.1, 0.15) is 0 Å². The Kier molecular flexibility index (Phi) is 10.8. The maximum atomic E-state index is 11.7. The fourth-order valence-electron chi connectivity index (χ4n) is 3.33. The summed E-state index contributed by atoms with van der Waals surface area (Å²) in [5.74, 6) is 1.40. The van der Waals surface area contributed by atoms with Crippen molar-refractivity contribution in [2.24, 2.45) is 0 Å². The summed E-state index contributed by atoms with van der Waals surface area (Å²) in [5.41, 5.74) is 2.45. The molecule has 0 bridgehead atoms. The lowest BCUT2D eigenvalue weighted by Crippen LogP contribution is -2.29. The topological polar surface area (TPSA) is 48.0 Å². The summed E-state index contributed by atoms with van der Waals surface area (Å²) in [6.07, 6.45) is 3.23. The Hall–Kier alpha value is -2.53. The summed E-state index contributed by atoms with van der Waals surface area (Å²) in [6, 6.07) is 16.4. The molecule has 0 aliphatic rings. The Morgan fingerprint density at radius 2 is 1.70 bits per heavy atom. The molecule has 2 aromatic carbocycles. The van der Waals surface area contributed by atoms with Crippen LogP contribution in [0.15, 0.2) is 48.5 Å². The van der Waals surface area contributed by atoms with Gasteiger partial charge in [-0.15, -0.1) is 0 Å². The third kappa shape index (κ3) is 8.46. The first-order valence-corrected chi connectivity index (χ1v) is 10.9. The van der Waals surface area contributed by atoms with Crippen molar-refractivity contribution in [2.45, 2.75) is 39.5 Å². The quantitative estimate of drug-likeness (QED) is 0.426. The second-order valence-corrected chi connectivity index (χ2v) is 7.22. The van der Waals surface area contributed by atoms with Crippen LogP contribution in [0.3, 0.4) is 0 Å². The number of rotatable bonds is 14. The van der Waals surface area contributed by atoms with Gasteiger partial charge < -0.3 is 19.1 Å². The zero-order chi connectivity index (χ0) is 21.6. The summed E-state index contributed by atoms with van der Waals surface area (Å²) in [7, 11) is 1.66. The third-order valence-corrected chi connectivity index (χ3v) is 4.91. The van der Waals surface area contributed by atoms with Crippen LogP contribution in [0.4, 0.5) is 0 Å². The van der Waals surface area contributed by atoms with Crippen LogP contribution in [0.25, 0.3) is 0 Å². The van der Waals surface area contributed by atoms with Gasteiger partial charge in [-0.2, -0.15) is 0 Å². The average Bonchev–Trinajstić information content (AvgIpc) is 2.77. The zero-order valence-corrected chi connectivity index (χ0v) is 18.6. The number of hydrogen-bond donors (Lipinski definition) is 0. The largest absolute Gasteiger partial charge is 0.493 e. The van der Waals surface area contributed by atoms with Crippen LogP contribution in [0.2, 0.25) is 0 Å². The van der Waals surface area contributed by atoms with Crippen molar-refractivity contribution in [2.75, 3.05) is 40.0 Å². The first-order valence-electron chi connectivity index (χ1n) is 10.9. The van der Waals surface area contributed by atoms with Crippen LogP contribution in [-0.2, 0) is 22.4 Å².